The van der Waals surface area contributed by atoms with Crippen LogP contribution in [-0.4, -0.2) is 17.8 Å². The van der Waals surface area contributed by atoms with Gasteiger partial charge >= 0.3 is 0 Å². The normalized spacial score (nSPS) is 18.6. The highest BCUT2D eigenvalue weighted by Crippen LogP contribution is 2.33. The van der Waals surface area contributed by atoms with Gasteiger partial charge in [0.25, 0.3) is 0 Å². The molecule has 0 saturated carbocycles. The van der Waals surface area contributed by atoms with E-state index >= 15 is 0 Å². The summed E-state index contributed by atoms with van der Waals surface area (Å²) in [4.78, 5) is 12.7. The molecular weight excluding hydrogens is 315 g/mol. The number of hydrazine groups is 2. The van der Waals surface area contributed by atoms with Crippen molar-refractivity contribution in [1.29, 1.82) is 0 Å². The molecule has 2 atom stereocenters. The van der Waals surface area contributed by atoms with E-state index in [2.05, 4.69) is 21.7 Å². The van der Waals surface area contributed by atoms with Crippen LogP contribution in [0.1, 0.15) is 10.8 Å². The number of rotatable bonds is 5. The van der Waals surface area contributed by atoms with Crippen LogP contribution in [0.3, 0.4) is 0 Å². The summed E-state index contributed by atoms with van der Waals surface area (Å²) in [5.41, 5.74) is 10.4. The van der Waals surface area contributed by atoms with Gasteiger partial charge in [0.15, 0.2) is 0 Å². The smallest absolute Gasteiger partial charge is 0.242 e. The second kappa shape index (κ2) is 7.56. The Kier molecular flexibility index (Phi) is 5.24. The van der Waals surface area contributed by atoms with Crippen molar-refractivity contribution >= 4 is 23.4 Å². The summed E-state index contributed by atoms with van der Waals surface area (Å²) in [7, 11) is 0. The minimum Gasteiger partial charge on any atom is -0.325 e. The molecule has 2 aromatic carbocycles. The topological polar surface area (TPSA) is 65.2 Å². The standard InChI is InChI=1S/C16H17FN4OS/c17-12-6-8-13(9-7-12)19-16(22)15(11-4-2-1-3-5-11)23-14-10-18-21-20-14/h1-9,14-15,18,20-21H,10H2,(H,19,22). The lowest BCUT2D eigenvalue weighted by molar-refractivity contribution is -0.115. The zero-order valence-electron chi connectivity index (χ0n) is 12.3. The Balaban J connectivity index is 1.76. The molecule has 0 aromatic heterocycles. The van der Waals surface area contributed by atoms with Crippen LogP contribution >= 0.6 is 11.8 Å². The van der Waals surface area contributed by atoms with Crippen molar-refractivity contribution in [2.45, 2.75) is 10.6 Å². The highest BCUT2D eigenvalue weighted by Gasteiger charge is 2.27. The number of amides is 1. The van der Waals surface area contributed by atoms with Crippen LogP contribution in [0.4, 0.5) is 10.1 Å². The molecule has 1 saturated heterocycles. The molecule has 0 spiro atoms. The first-order valence-electron chi connectivity index (χ1n) is 7.22. The Morgan fingerprint density at radius 3 is 2.57 bits per heavy atom. The molecule has 0 aliphatic carbocycles. The number of nitrogens with one attached hydrogen (secondary N) is 4. The fraction of sp³-hybridized carbons (Fsp3) is 0.188. The Morgan fingerprint density at radius 2 is 1.91 bits per heavy atom. The molecule has 7 heteroatoms. The van der Waals surface area contributed by atoms with Crippen LogP contribution in [0.15, 0.2) is 54.6 Å². The van der Waals surface area contributed by atoms with Crippen LogP contribution in [0, 0.1) is 5.82 Å². The first-order chi connectivity index (χ1) is 11.2. The number of anilines is 1. The highest BCUT2D eigenvalue weighted by molar-refractivity contribution is 8.00. The van der Waals surface area contributed by atoms with Crippen LogP contribution in [0.25, 0.3) is 0 Å². The monoisotopic (exact) mass is 332 g/mol. The van der Waals surface area contributed by atoms with Crippen molar-refractivity contribution in [2.24, 2.45) is 0 Å². The Morgan fingerprint density at radius 1 is 1.17 bits per heavy atom. The van der Waals surface area contributed by atoms with E-state index < -0.39 is 0 Å². The Labute approximate surface area is 138 Å². The molecule has 5 nitrogen and oxygen atoms in total. The van der Waals surface area contributed by atoms with Crippen molar-refractivity contribution in [3.05, 3.63) is 66.0 Å². The van der Waals surface area contributed by atoms with Crippen LogP contribution in [-0.2, 0) is 4.79 Å². The summed E-state index contributed by atoms with van der Waals surface area (Å²) in [6.07, 6.45) is 0. The third-order valence-electron chi connectivity index (χ3n) is 3.36. The molecule has 3 rings (SSSR count). The zero-order valence-corrected chi connectivity index (χ0v) is 13.1. The Bertz CT molecular complexity index is 647. The molecule has 1 aliphatic heterocycles. The van der Waals surface area contributed by atoms with Gasteiger partial charge in [0, 0.05) is 12.2 Å². The molecule has 1 fully saturated rings. The molecule has 1 aliphatic rings. The van der Waals surface area contributed by atoms with Gasteiger partial charge in [0.05, 0.1) is 5.37 Å². The molecule has 0 bridgehead atoms. The predicted molar refractivity (Wildman–Crippen MR) is 89.9 cm³/mol. The predicted octanol–water partition coefficient (Wildman–Crippen LogP) is 2.18. The minimum absolute atomic E-state index is 0.0687. The zero-order chi connectivity index (χ0) is 16.1. The van der Waals surface area contributed by atoms with Gasteiger partial charge in [-0.05, 0) is 29.8 Å². The summed E-state index contributed by atoms with van der Waals surface area (Å²) < 4.78 is 13.0. The molecule has 2 unspecified atom stereocenters. The average molecular weight is 332 g/mol. The van der Waals surface area contributed by atoms with Gasteiger partial charge in [-0.1, -0.05) is 30.3 Å². The SMILES string of the molecule is O=C(Nc1ccc(F)cc1)C(SC1CNNN1)c1ccccc1. The number of carbonyl (C=O) groups excluding carboxylic acids is 1. The third kappa shape index (κ3) is 4.29. The maximum atomic E-state index is 13.0. The fourth-order valence-corrected chi connectivity index (χ4v) is 3.37. The highest BCUT2D eigenvalue weighted by atomic mass is 32.2. The summed E-state index contributed by atoms with van der Waals surface area (Å²) in [6.45, 7) is 0.706. The van der Waals surface area contributed by atoms with E-state index in [4.69, 9.17) is 0 Å². The van der Waals surface area contributed by atoms with Crippen molar-refractivity contribution in [1.82, 2.24) is 16.4 Å². The third-order valence-corrected chi connectivity index (χ3v) is 4.73. The number of thioether (sulfide) groups is 1. The van der Waals surface area contributed by atoms with Crippen molar-refractivity contribution in [3.63, 3.8) is 0 Å². The second-order valence-corrected chi connectivity index (χ2v) is 6.37. The lowest BCUT2D eigenvalue weighted by atomic mass is 10.1. The van der Waals surface area contributed by atoms with E-state index in [0.717, 1.165) is 5.56 Å². The van der Waals surface area contributed by atoms with Gasteiger partial charge in [-0.15, -0.1) is 11.8 Å². The molecule has 4 N–H and O–H groups in total. The van der Waals surface area contributed by atoms with E-state index in [-0.39, 0.29) is 22.3 Å². The van der Waals surface area contributed by atoms with E-state index in [1.165, 1.54) is 23.9 Å². The summed E-state index contributed by atoms with van der Waals surface area (Å²) in [6, 6.07) is 15.3. The van der Waals surface area contributed by atoms with Gasteiger partial charge in [0.2, 0.25) is 5.91 Å². The van der Waals surface area contributed by atoms with Crippen molar-refractivity contribution < 1.29 is 9.18 Å². The number of hydrogen-bond acceptors (Lipinski definition) is 5. The molecule has 2 aromatic rings. The van der Waals surface area contributed by atoms with Crippen molar-refractivity contribution in [3.8, 4) is 0 Å². The van der Waals surface area contributed by atoms with E-state index in [1.54, 1.807) is 12.1 Å². The molecule has 0 radical (unpaired) electrons. The fourth-order valence-electron chi connectivity index (χ4n) is 2.23. The molecular formula is C16H17FN4OS. The van der Waals surface area contributed by atoms with E-state index in [1.807, 2.05) is 30.3 Å². The number of hydrogen-bond donors (Lipinski definition) is 4. The number of halogens is 1. The van der Waals surface area contributed by atoms with E-state index in [0.29, 0.717) is 12.2 Å². The summed E-state index contributed by atoms with van der Waals surface area (Å²) in [5.74, 6) is -0.467. The van der Waals surface area contributed by atoms with Crippen LogP contribution in [0.2, 0.25) is 0 Å². The molecule has 1 amide bonds. The maximum Gasteiger partial charge on any atom is 0.242 e. The van der Waals surface area contributed by atoms with E-state index in [9.17, 15) is 9.18 Å². The maximum absolute atomic E-state index is 13.0. The molecule has 23 heavy (non-hydrogen) atoms. The largest absolute Gasteiger partial charge is 0.325 e. The minimum atomic E-state index is -0.375. The second-order valence-electron chi connectivity index (χ2n) is 5.06. The van der Waals surface area contributed by atoms with Gasteiger partial charge in [-0.25, -0.2) is 15.2 Å². The van der Waals surface area contributed by atoms with Gasteiger partial charge < -0.3 is 5.32 Å². The molecule has 120 valence electrons. The number of carbonyl (C=O) groups is 1. The summed E-state index contributed by atoms with van der Waals surface area (Å²) >= 11 is 1.51. The average Bonchev–Trinajstić information content (AvgIpc) is 3.09. The molecule has 1 heterocycles. The van der Waals surface area contributed by atoms with Crippen LogP contribution < -0.4 is 21.7 Å². The van der Waals surface area contributed by atoms with Gasteiger partial charge in [-0.2, -0.15) is 5.53 Å². The van der Waals surface area contributed by atoms with Crippen LogP contribution in [0.5, 0.6) is 0 Å². The first-order valence-corrected chi connectivity index (χ1v) is 8.17. The number of benzene rings is 2. The quantitative estimate of drug-likeness (QED) is 0.676. The summed E-state index contributed by atoms with van der Waals surface area (Å²) in [5, 5.41) is 2.54. The Hall–Kier alpha value is -1.93. The first kappa shape index (κ1) is 15.9. The lowest BCUT2D eigenvalue weighted by Crippen LogP contribution is -2.33. The lowest BCUT2D eigenvalue weighted by Gasteiger charge is -2.20. The van der Waals surface area contributed by atoms with Crippen molar-refractivity contribution in [2.75, 3.05) is 11.9 Å². The van der Waals surface area contributed by atoms with Gasteiger partial charge in [-0.3, -0.25) is 4.79 Å². The van der Waals surface area contributed by atoms with Gasteiger partial charge in [0.1, 0.15) is 11.1 Å².